The fourth-order valence-corrected chi connectivity index (χ4v) is 3.03. The Morgan fingerprint density at radius 2 is 2.00 bits per heavy atom. The van der Waals surface area contributed by atoms with Gasteiger partial charge in [-0.1, -0.05) is 17.7 Å². The van der Waals surface area contributed by atoms with Crippen molar-refractivity contribution in [1.29, 1.82) is 0 Å². The zero-order valence-corrected chi connectivity index (χ0v) is 12.5. The summed E-state index contributed by atoms with van der Waals surface area (Å²) in [5, 5.41) is 0.777. The molecule has 0 unspecified atom stereocenters. The Morgan fingerprint density at radius 3 is 2.63 bits per heavy atom. The first-order valence-electron chi connectivity index (χ1n) is 6.89. The average molecular weight is 283 g/mol. The largest absolute Gasteiger partial charge is 0.496 e. The third-order valence-electron chi connectivity index (χ3n) is 4.07. The molecule has 4 heteroatoms. The maximum absolute atomic E-state index is 6.29. The van der Waals surface area contributed by atoms with Gasteiger partial charge in [-0.2, -0.15) is 0 Å². The minimum absolute atomic E-state index is 0.388. The topological polar surface area (TPSA) is 38.5 Å². The van der Waals surface area contributed by atoms with Crippen LogP contribution in [0.2, 0.25) is 5.02 Å². The van der Waals surface area contributed by atoms with Gasteiger partial charge in [0, 0.05) is 29.2 Å². The second kappa shape index (κ2) is 6.60. The van der Waals surface area contributed by atoms with Gasteiger partial charge in [-0.3, -0.25) is 4.90 Å². The highest BCUT2D eigenvalue weighted by molar-refractivity contribution is 6.31. The van der Waals surface area contributed by atoms with Crippen molar-refractivity contribution in [2.24, 2.45) is 5.73 Å². The Labute approximate surface area is 120 Å². The predicted molar refractivity (Wildman–Crippen MR) is 79.7 cm³/mol. The number of methoxy groups -OCH3 is 1. The summed E-state index contributed by atoms with van der Waals surface area (Å²) < 4.78 is 5.40. The first-order valence-corrected chi connectivity index (χ1v) is 7.26. The minimum atomic E-state index is 0.388. The molecule has 2 rings (SSSR count). The Balaban J connectivity index is 2.04. The normalized spacial score (nSPS) is 23.6. The smallest absolute Gasteiger partial charge is 0.124 e. The van der Waals surface area contributed by atoms with E-state index in [1.165, 1.54) is 12.8 Å². The van der Waals surface area contributed by atoms with Crippen molar-refractivity contribution in [3.8, 4) is 5.75 Å². The number of benzene rings is 1. The van der Waals surface area contributed by atoms with Crippen LogP contribution in [-0.2, 0) is 6.54 Å². The Morgan fingerprint density at radius 1 is 1.32 bits per heavy atom. The van der Waals surface area contributed by atoms with Gasteiger partial charge in [0.1, 0.15) is 5.75 Å². The summed E-state index contributed by atoms with van der Waals surface area (Å²) in [7, 11) is 3.85. The first kappa shape index (κ1) is 14.6. The van der Waals surface area contributed by atoms with E-state index in [-0.39, 0.29) is 0 Å². The molecule has 1 aromatic carbocycles. The molecular formula is C15H23ClN2O. The molecule has 0 saturated heterocycles. The molecule has 3 nitrogen and oxygen atoms in total. The number of hydrogen-bond acceptors (Lipinski definition) is 3. The fourth-order valence-electron chi connectivity index (χ4n) is 2.80. The number of nitrogens with zero attached hydrogens (tertiary/aromatic N) is 1. The van der Waals surface area contributed by atoms with E-state index < -0.39 is 0 Å². The second-order valence-electron chi connectivity index (χ2n) is 5.40. The number of halogens is 1. The molecule has 19 heavy (non-hydrogen) atoms. The molecule has 2 N–H and O–H groups in total. The van der Waals surface area contributed by atoms with Crippen LogP contribution in [0.1, 0.15) is 31.2 Å². The van der Waals surface area contributed by atoms with Crippen LogP contribution < -0.4 is 10.5 Å². The Kier molecular flexibility index (Phi) is 5.08. The van der Waals surface area contributed by atoms with Crippen molar-refractivity contribution in [1.82, 2.24) is 4.90 Å². The fraction of sp³-hybridized carbons (Fsp3) is 0.600. The van der Waals surface area contributed by atoms with E-state index in [1.807, 2.05) is 18.2 Å². The summed E-state index contributed by atoms with van der Waals surface area (Å²) in [4.78, 5) is 2.37. The van der Waals surface area contributed by atoms with E-state index in [0.717, 1.165) is 35.7 Å². The van der Waals surface area contributed by atoms with Crippen LogP contribution in [-0.4, -0.2) is 31.1 Å². The first-order chi connectivity index (χ1) is 9.11. The van der Waals surface area contributed by atoms with E-state index in [9.17, 15) is 0 Å². The van der Waals surface area contributed by atoms with Crippen molar-refractivity contribution in [2.75, 3.05) is 14.2 Å². The summed E-state index contributed by atoms with van der Waals surface area (Å²) in [5.41, 5.74) is 7.03. The summed E-state index contributed by atoms with van der Waals surface area (Å²) in [6.07, 6.45) is 4.58. The summed E-state index contributed by atoms with van der Waals surface area (Å²) in [5.74, 6) is 0.867. The van der Waals surface area contributed by atoms with Gasteiger partial charge in [0.25, 0.3) is 0 Å². The highest BCUT2D eigenvalue weighted by Gasteiger charge is 2.23. The quantitative estimate of drug-likeness (QED) is 0.922. The zero-order valence-electron chi connectivity index (χ0n) is 11.7. The maximum atomic E-state index is 6.29. The van der Waals surface area contributed by atoms with Crippen molar-refractivity contribution in [3.05, 3.63) is 28.8 Å². The van der Waals surface area contributed by atoms with E-state index in [0.29, 0.717) is 12.1 Å². The molecule has 0 radical (unpaired) electrons. The van der Waals surface area contributed by atoms with Crippen molar-refractivity contribution in [3.63, 3.8) is 0 Å². The molecule has 106 valence electrons. The lowest BCUT2D eigenvalue weighted by Gasteiger charge is -2.33. The lowest BCUT2D eigenvalue weighted by molar-refractivity contribution is 0.174. The van der Waals surface area contributed by atoms with Crippen molar-refractivity contribution in [2.45, 2.75) is 44.3 Å². The molecule has 1 aliphatic rings. The molecule has 1 aromatic rings. The predicted octanol–water partition coefficient (Wildman–Crippen LogP) is 3.05. The van der Waals surface area contributed by atoms with Gasteiger partial charge >= 0.3 is 0 Å². The third-order valence-corrected chi connectivity index (χ3v) is 4.42. The van der Waals surface area contributed by atoms with Crippen LogP contribution in [0.5, 0.6) is 5.75 Å². The lowest BCUT2D eigenvalue weighted by Crippen LogP contribution is -2.38. The highest BCUT2D eigenvalue weighted by Crippen LogP contribution is 2.29. The van der Waals surface area contributed by atoms with E-state index in [1.54, 1.807) is 7.11 Å². The highest BCUT2D eigenvalue weighted by atomic mass is 35.5. The van der Waals surface area contributed by atoms with Crippen LogP contribution >= 0.6 is 11.6 Å². The van der Waals surface area contributed by atoms with Crippen LogP contribution in [0.25, 0.3) is 0 Å². The van der Waals surface area contributed by atoms with Gasteiger partial charge in [-0.05, 0) is 44.9 Å². The van der Waals surface area contributed by atoms with Gasteiger partial charge in [-0.25, -0.2) is 0 Å². The van der Waals surface area contributed by atoms with Crippen LogP contribution in [0.15, 0.2) is 18.2 Å². The van der Waals surface area contributed by atoms with E-state index in [2.05, 4.69) is 11.9 Å². The standard InChI is InChI=1S/C15H23ClN2O/c1-18(12-8-6-11(17)7-9-12)10-13-14(16)4-3-5-15(13)19-2/h3-5,11-12H,6-10,17H2,1-2H3. The van der Waals surface area contributed by atoms with Crippen LogP contribution in [0.3, 0.4) is 0 Å². The summed E-state index contributed by atoms with van der Waals surface area (Å²) in [6, 6.07) is 6.79. The molecule has 0 aromatic heterocycles. The number of hydrogen-bond donors (Lipinski definition) is 1. The molecule has 0 amide bonds. The van der Waals surface area contributed by atoms with Gasteiger partial charge < -0.3 is 10.5 Å². The van der Waals surface area contributed by atoms with Gasteiger partial charge in [0.15, 0.2) is 0 Å². The van der Waals surface area contributed by atoms with Crippen LogP contribution in [0.4, 0.5) is 0 Å². The molecule has 0 atom stereocenters. The van der Waals surface area contributed by atoms with Gasteiger partial charge in [-0.15, -0.1) is 0 Å². The SMILES string of the molecule is COc1cccc(Cl)c1CN(C)C1CCC(N)CC1. The maximum Gasteiger partial charge on any atom is 0.124 e. The van der Waals surface area contributed by atoms with Crippen molar-refractivity contribution < 1.29 is 4.74 Å². The summed E-state index contributed by atoms with van der Waals surface area (Å²) >= 11 is 6.29. The third kappa shape index (κ3) is 3.62. The van der Waals surface area contributed by atoms with E-state index in [4.69, 9.17) is 22.1 Å². The minimum Gasteiger partial charge on any atom is -0.496 e. The molecule has 1 aliphatic carbocycles. The molecule has 1 fully saturated rings. The Bertz CT molecular complexity index is 417. The van der Waals surface area contributed by atoms with Crippen LogP contribution in [0, 0.1) is 0 Å². The number of rotatable bonds is 4. The zero-order chi connectivity index (χ0) is 13.8. The Hall–Kier alpha value is -0.770. The molecule has 0 spiro atoms. The molecule has 0 aliphatic heterocycles. The molecular weight excluding hydrogens is 260 g/mol. The monoisotopic (exact) mass is 282 g/mol. The second-order valence-corrected chi connectivity index (χ2v) is 5.81. The summed E-state index contributed by atoms with van der Waals surface area (Å²) in [6.45, 7) is 0.822. The molecule has 0 bridgehead atoms. The van der Waals surface area contributed by atoms with E-state index >= 15 is 0 Å². The van der Waals surface area contributed by atoms with Crippen molar-refractivity contribution >= 4 is 11.6 Å². The number of nitrogens with two attached hydrogens (primary N) is 1. The lowest BCUT2D eigenvalue weighted by atomic mass is 9.91. The molecule has 0 heterocycles. The average Bonchev–Trinajstić information content (AvgIpc) is 2.41. The molecule has 1 saturated carbocycles. The van der Waals surface area contributed by atoms with Gasteiger partial charge in [0.05, 0.1) is 7.11 Å². The number of ether oxygens (including phenoxy) is 1. The van der Waals surface area contributed by atoms with Gasteiger partial charge in [0.2, 0.25) is 0 Å².